The van der Waals surface area contributed by atoms with Crippen molar-refractivity contribution < 1.29 is 4.79 Å². The molecule has 0 aliphatic rings. The van der Waals surface area contributed by atoms with Gasteiger partial charge in [-0.25, -0.2) is 0 Å². The lowest BCUT2D eigenvalue weighted by atomic mass is 9.98. The smallest absolute Gasteiger partial charge is 0.168 e. The van der Waals surface area contributed by atoms with Crippen LogP contribution in [0.2, 0.25) is 0 Å². The minimum absolute atomic E-state index is 0.00269. The van der Waals surface area contributed by atoms with Crippen LogP contribution in [0.1, 0.15) is 22.8 Å². The zero-order valence-electron chi connectivity index (χ0n) is 8.87. The van der Waals surface area contributed by atoms with Gasteiger partial charge in [-0.15, -0.1) is 0 Å². The monoisotopic (exact) mass is 192 g/mol. The minimum atomic E-state index is 0.00269. The second-order valence-corrected chi connectivity index (χ2v) is 3.51. The third-order valence-corrected chi connectivity index (χ3v) is 2.26. The predicted octanol–water partition coefficient (Wildman–Crippen LogP) is 1.43. The molecular weight excluding hydrogens is 176 g/mol. The van der Waals surface area contributed by atoms with E-state index in [0.717, 1.165) is 11.1 Å². The molecule has 3 heteroatoms. The van der Waals surface area contributed by atoms with E-state index in [1.807, 2.05) is 27.0 Å². The molecule has 0 fully saturated rings. The molecule has 1 N–H and O–H groups in total. The minimum Gasteiger partial charge on any atom is -0.319 e. The molecule has 1 heterocycles. The SMILES string of the molecule is CNCC(C)C(=O)c1cnccc1C. The van der Waals surface area contributed by atoms with Gasteiger partial charge >= 0.3 is 0 Å². The summed E-state index contributed by atoms with van der Waals surface area (Å²) >= 11 is 0. The first-order chi connectivity index (χ1) is 6.66. The topological polar surface area (TPSA) is 42.0 Å². The van der Waals surface area contributed by atoms with Crippen molar-refractivity contribution in [1.82, 2.24) is 10.3 Å². The summed E-state index contributed by atoms with van der Waals surface area (Å²) in [5.41, 5.74) is 1.73. The Bertz CT molecular complexity index is 323. The zero-order chi connectivity index (χ0) is 10.6. The Labute approximate surface area is 84.6 Å². The van der Waals surface area contributed by atoms with Crippen molar-refractivity contribution in [3.05, 3.63) is 29.6 Å². The summed E-state index contributed by atoms with van der Waals surface area (Å²) in [5.74, 6) is 0.160. The lowest BCUT2D eigenvalue weighted by Crippen LogP contribution is -2.24. The molecule has 0 bridgehead atoms. The normalized spacial score (nSPS) is 12.5. The molecule has 0 aromatic carbocycles. The highest BCUT2D eigenvalue weighted by atomic mass is 16.1. The Kier molecular flexibility index (Phi) is 3.77. The van der Waals surface area contributed by atoms with Gasteiger partial charge in [-0.05, 0) is 25.6 Å². The van der Waals surface area contributed by atoms with Gasteiger partial charge in [-0.2, -0.15) is 0 Å². The molecule has 1 aromatic rings. The lowest BCUT2D eigenvalue weighted by Gasteiger charge is -2.10. The summed E-state index contributed by atoms with van der Waals surface area (Å²) in [6.45, 7) is 4.56. The molecule has 0 aliphatic carbocycles. The average molecular weight is 192 g/mol. The van der Waals surface area contributed by atoms with Crippen molar-refractivity contribution in [3.63, 3.8) is 0 Å². The predicted molar refractivity (Wildman–Crippen MR) is 56.4 cm³/mol. The van der Waals surface area contributed by atoms with Crippen LogP contribution in [0.5, 0.6) is 0 Å². The summed E-state index contributed by atoms with van der Waals surface area (Å²) in [7, 11) is 1.85. The molecule has 0 radical (unpaired) electrons. The molecule has 1 atom stereocenters. The number of ketones is 1. The molecule has 76 valence electrons. The third-order valence-electron chi connectivity index (χ3n) is 2.26. The number of rotatable bonds is 4. The van der Waals surface area contributed by atoms with Crippen molar-refractivity contribution in [1.29, 1.82) is 0 Å². The van der Waals surface area contributed by atoms with Crippen molar-refractivity contribution in [2.24, 2.45) is 5.92 Å². The molecule has 1 unspecified atom stereocenters. The van der Waals surface area contributed by atoms with Crippen LogP contribution in [-0.2, 0) is 0 Å². The van der Waals surface area contributed by atoms with Gasteiger partial charge in [0, 0.05) is 30.4 Å². The van der Waals surface area contributed by atoms with E-state index in [1.54, 1.807) is 12.4 Å². The average Bonchev–Trinajstić information content (AvgIpc) is 2.18. The van der Waals surface area contributed by atoms with Crippen molar-refractivity contribution in [3.8, 4) is 0 Å². The van der Waals surface area contributed by atoms with E-state index >= 15 is 0 Å². The Morgan fingerprint density at radius 2 is 2.36 bits per heavy atom. The number of nitrogens with zero attached hydrogens (tertiary/aromatic N) is 1. The van der Waals surface area contributed by atoms with E-state index in [0.29, 0.717) is 6.54 Å². The van der Waals surface area contributed by atoms with Gasteiger partial charge in [0.15, 0.2) is 5.78 Å². The quantitative estimate of drug-likeness (QED) is 0.734. The largest absolute Gasteiger partial charge is 0.319 e. The fraction of sp³-hybridized carbons (Fsp3) is 0.455. The van der Waals surface area contributed by atoms with Crippen LogP contribution in [0.4, 0.5) is 0 Å². The van der Waals surface area contributed by atoms with E-state index in [-0.39, 0.29) is 11.7 Å². The Morgan fingerprint density at radius 1 is 1.64 bits per heavy atom. The van der Waals surface area contributed by atoms with E-state index in [9.17, 15) is 4.79 Å². The third kappa shape index (κ3) is 2.39. The van der Waals surface area contributed by atoms with E-state index < -0.39 is 0 Å². The maximum absolute atomic E-state index is 11.9. The van der Waals surface area contributed by atoms with Crippen LogP contribution in [0, 0.1) is 12.8 Å². The molecule has 0 spiro atoms. The number of carbonyl (C=O) groups is 1. The fourth-order valence-electron chi connectivity index (χ4n) is 1.39. The number of hydrogen-bond donors (Lipinski definition) is 1. The summed E-state index contributed by atoms with van der Waals surface area (Å²) in [5, 5.41) is 3.00. The number of aromatic nitrogens is 1. The number of pyridine rings is 1. The molecule has 0 aliphatic heterocycles. The van der Waals surface area contributed by atoms with Crippen LogP contribution >= 0.6 is 0 Å². The molecule has 1 rings (SSSR count). The number of hydrogen-bond acceptors (Lipinski definition) is 3. The highest BCUT2D eigenvalue weighted by Gasteiger charge is 2.15. The van der Waals surface area contributed by atoms with Crippen LogP contribution in [0.3, 0.4) is 0 Å². The summed E-state index contributed by atoms with van der Waals surface area (Å²) in [6.07, 6.45) is 3.35. The molecule has 3 nitrogen and oxygen atoms in total. The molecule has 0 amide bonds. The molecule has 0 saturated carbocycles. The Balaban J connectivity index is 2.84. The van der Waals surface area contributed by atoms with Gasteiger partial charge in [-0.1, -0.05) is 6.92 Å². The van der Waals surface area contributed by atoms with E-state index in [1.165, 1.54) is 0 Å². The zero-order valence-corrected chi connectivity index (χ0v) is 8.87. The van der Waals surface area contributed by atoms with Gasteiger partial charge < -0.3 is 5.32 Å². The lowest BCUT2D eigenvalue weighted by molar-refractivity contribution is 0.0929. The summed E-state index contributed by atoms with van der Waals surface area (Å²) in [4.78, 5) is 15.8. The van der Waals surface area contributed by atoms with Gasteiger partial charge in [0.2, 0.25) is 0 Å². The highest BCUT2D eigenvalue weighted by Crippen LogP contribution is 2.11. The van der Waals surface area contributed by atoms with Gasteiger partial charge in [0.05, 0.1) is 0 Å². The first kappa shape index (κ1) is 10.9. The van der Waals surface area contributed by atoms with E-state index in [2.05, 4.69) is 10.3 Å². The van der Waals surface area contributed by atoms with E-state index in [4.69, 9.17) is 0 Å². The van der Waals surface area contributed by atoms with Crippen molar-refractivity contribution in [2.75, 3.05) is 13.6 Å². The Morgan fingerprint density at radius 3 is 2.93 bits per heavy atom. The van der Waals surface area contributed by atoms with Crippen molar-refractivity contribution >= 4 is 5.78 Å². The summed E-state index contributed by atoms with van der Waals surface area (Å²) in [6, 6.07) is 1.86. The molecule has 1 aromatic heterocycles. The first-order valence-corrected chi connectivity index (χ1v) is 4.76. The van der Waals surface area contributed by atoms with Crippen LogP contribution in [0.25, 0.3) is 0 Å². The maximum Gasteiger partial charge on any atom is 0.168 e. The van der Waals surface area contributed by atoms with Gasteiger partial charge in [0.1, 0.15) is 0 Å². The van der Waals surface area contributed by atoms with Crippen LogP contribution < -0.4 is 5.32 Å². The van der Waals surface area contributed by atoms with Crippen LogP contribution in [0.15, 0.2) is 18.5 Å². The van der Waals surface area contributed by atoms with Gasteiger partial charge in [-0.3, -0.25) is 9.78 Å². The second kappa shape index (κ2) is 4.86. The van der Waals surface area contributed by atoms with Crippen LogP contribution in [-0.4, -0.2) is 24.4 Å². The van der Waals surface area contributed by atoms with Gasteiger partial charge in [0.25, 0.3) is 0 Å². The highest BCUT2D eigenvalue weighted by molar-refractivity contribution is 5.98. The van der Waals surface area contributed by atoms with Crippen molar-refractivity contribution in [2.45, 2.75) is 13.8 Å². The maximum atomic E-state index is 11.9. The second-order valence-electron chi connectivity index (χ2n) is 3.51. The number of aryl methyl sites for hydroxylation is 1. The molecule has 0 saturated heterocycles. The molecular formula is C11H16N2O. The number of carbonyl (C=O) groups excluding carboxylic acids is 1. The number of Topliss-reactive ketones (excluding diaryl/α,β-unsaturated/α-hetero) is 1. The number of nitrogens with one attached hydrogen (secondary N) is 1. The summed E-state index contributed by atoms with van der Waals surface area (Å²) < 4.78 is 0. The first-order valence-electron chi connectivity index (χ1n) is 4.76. The Hall–Kier alpha value is -1.22. The fourth-order valence-corrected chi connectivity index (χ4v) is 1.39. The standard InChI is InChI=1S/C11H16N2O/c1-8-4-5-13-7-10(8)11(14)9(2)6-12-3/h4-5,7,9,12H,6H2,1-3H3. The molecule has 14 heavy (non-hydrogen) atoms.